The van der Waals surface area contributed by atoms with Gasteiger partial charge in [-0.1, -0.05) is 18.9 Å². The molecule has 0 atom stereocenters. The summed E-state index contributed by atoms with van der Waals surface area (Å²) in [6.07, 6.45) is 8.53. The zero-order valence-electron chi connectivity index (χ0n) is 16.2. The van der Waals surface area contributed by atoms with E-state index in [2.05, 4.69) is 33.1 Å². The maximum Gasteiger partial charge on any atom is 0.225 e. The molecule has 29 heavy (non-hydrogen) atoms. The van der Waals surface area contributed by atoms with Gasteiger partial charge in [0.25, 0.3) is 0 Å². The summed E-state index contributed by atoms with van der Waals surface area (Å²) in [4.78, 5) is 19.9. The van der Waals surface area contributed by atoms with Crippen LogP contribution in [0.4, 0.5) is 11.8 Å². The summed E-state index contributed by atoms with van der Waals surface area (Å²) >= 11 is 3.40. The number of nitrogens with one attached hydrogen (secondary N) is 2. The molecule has 148 valence electrons. The molecule has 0 amide bonds. The monoisotopic (exact) mass is 422 g/mol. The van der Waals surface area contributed by atoms with Crippen molar-refractivity contribution >= 4 is 44.7 Å². The number of anilines is 2. The predicted molar refractivity (Wildman–Crippen MR) is 121 cm³/mol. The Balaban J connectivity index is 1.52. The molecule has 0 unspecified atom stereocenters. The van der Waals surface area contributed by atoms with Crippen molar-refractivity contribution in [1.29, 1.82) is 0 Å². The third-order valence-electron chi connectivity index (χ3n) is 5.19. The van der Waals surface area contributed by atoms with Crippen LogP contribution in [0, 0.1) is 6.92 Å². The zero-order chi connectivity index (χ0) is 19.6. The van der Waals surface area contributed by atoms with E-state index in [1.54, 1.807) is 22.7 Å². The smallest absolute Gasteiger partial charge is 0.225 e. The highest BCUT2D eigenvalue weighted by atomic mass is 32.1. The van der Waals surface area contributed by atoms with Crippen molar-refractivity contribution in [1.82, 2.24) is 19.9 Å². The molecule has 4 aromatic rings. The van der Waals surface area contributed by atoms with Gasteiger partial charge in [-0.3, -0.25) is 4.98 Å². The topological polar surface area (TPSA) is 75.6 Å². The van der Waals surface area contributed by atoms with Gasteiger partial charge in [-0.25, -0.2) is 9.97 Å². The Morgan fingerprint density at radius 2 is 2.03 bits per heavy atom. The highest BCUT2D eigenvalue weighted by Gasteiger charge is 2.22. The first kappa shape index (κ1) is 18.4. The SMILES string of the molecule is Cc1nc(NCc2cccs2)nc(NC2CCCC2)c1-c1nc2cnccc2s1. The van der Waals surface area contributed by atoms with Gasteiger partial charge in [0.15, 0.2) is 0 Å². The van der Waals surface area contributed by atoms with Crippen molar-refractivity contribution in [2.75, 3.05) is 10.6 Å². The number of aryl methyl sites for hydroxylation is 1. The van der Waals surface area contributed by atoms with E-state index in [1.807, 2.05) is 25.4 Å². The normalized spacial score (nSPS) is 14.5. The lowest BCUT2D eigenvalue weighted by atomic mass is 10.2. The standard InChI is InChI=1S/C21H22N6S2/c1-13-18(20-26-16-12-22-9-8-17(16)29-20)19(25-14-5-2-3-6-14)27-21(24-13)23-11-15-7-4-10-28-15/h4,7-10,12,14H,2-3,5-6,11H2,1H3,(H2,23,24,25,27). The molecular weight excluding hydrogens is 400 g/mol. The van der Waals surface area contributed by atoms with Crippen LogP contribution in [0.3, 0.4) is 0 Å². The number of fused-ring (bicyclic) bond motifs is 1. The van der Waals surface area contributed by atoms with Gasteiger partial charge in [0, 0.05) is 17.1 Å². The second-order valence-electron chi connectivity index (χ2n) is 7.28. The van der Waals surface area contributed by atoms with Gasteiger partial charge < -0.3 is 10.6 Å². The van der Waals surface area contributed by atoms with Crippen LogP contribution < -0.4 is 10.6 Å². The van der Waals surface area contributed by atoms with Crippen LogP contribution in [-0.2, 0) is 6.54 Å². The molecule has 6 nitrogen and oxygen atoms in total. The van der Waals surface area contributed by atoms with Crippen molar-refractivity contribution in [3.63, 3.8) is 0 Å². The van der Waals surface area contributed by atoms with Crippen LogP contribution >= 0.6 is 22.7 Å². The Morgan fingerprint density at radius 1 is 1.14 bits per heavy atom. The van der Waals surface area contributed by atoms with E-state index < -0.39 is 0 Å². The molecule has 4 heterocycles. The zero-order valence-corrected chi connectivity index (χ0v) is 17.8. The van der Waals surface area contributed by atoms with Crippen LogP contribution in [-0.4, -0.2) is 26.0 Å². The molecular formula is C21H22N6S2. The fraction of sp³-hybridized carbons (Fsp3) is 0.333. The van der Waals surface area contributed by atoms with Gasteiger partial charge in [-0.05, 0) is 37.3 Å². The Kier molecular flexibility index (Phi) is 5.12. The summed E-state index contributed by atoms with van der Waals surface area (Å²) in [6.45, 7) is 2.77. The van der Waals surface area contributed by atoms with Crippen molar-refractivity contribution in [3.8, 4) is 10.6 Å². The summed E-state index contributed by atoms with van der Waals surface area (Å²) in [5, 5.41) is 10.1. The van der Waals surface area contributed by atoms with Crippen molar-refractivity contribution in [3.05, 3.63) is 46.5 Å². The second kappa shape index (κ2) is 8.04. The van der Waals surface area contributed by atoms with E-state index in [-0.39, 0.29) is 0 Å². The number of hydrogen-bond donors (Lipinski definition) is 2. The number of aromatic nitrogens is 4. The summed E-state index contributed by atoms with van der Waals surface area (Å²) < 4.78 is 1.13. The van der Waals surface area contributed by atoms with Crippen LogP contribution in [0.2, 0.25) is 0 Å². The van der Waals surface area contributed by atoms with E-state index in [0.29, 0.717) is 12.0 Å². The fourth-order valence-corrected chi connectivity index (χ4v) is 5.42. The number of nitrogens with zero attached hydrogens (tertiary/aromatic N) is 4. The molecule has 8 heteroatoms. The molecule has 0 aromatic carbocycles. The number of thiazole rings is 1. The predicted octanol–water partition coefficient (Wildman–Crippen LogP) is 5.48. The molecule has 5 rings (SSSR count). The maximum absolute atomic E-state index is 4.87. The molecule has 4 aromatic heterocycles. The van der Waals surface area contributed by atoms with Gasteiger partial charge in [0.05, 0.1) is 28.7 Å². The van der Waals surface area contributed by atoms with Crippen molar-refractivity contribution in [2.45, 2.75) is 45.2 Å². The number of rotatable bonds is 6. The summed E-state index contributed by atoms with van der Waals surface area (Å²) in [5.74, 6) is 1.54. The molecule has 0 radical (unpaired) electrons. The van der Waals surface area contributed by atoms with Gasteiger partial charge in [-0.15, -0.1) is 22.7 Å². The fourth-order valence-electron chi connectivity index (χ4n) is 3.74. The van der Waals surface area contributed by atoms with E-state index >= 15 is 0 Å². The average molecular weight is 423 g/mol. The number of pyridine rings is 1. The first-order chi connectivity index (χ1) is 14.3. The summed E-state index contributed by atoms with van der Waals surface area (Å²) in [7, 11) is 0. The molecule has 1 aliphatic rings. The maximum atomic E-state index is 4.87. The third-order valence-corrected chi connectivity index (χ3v) is 7.12. The second-order valence-corrected chi connectivity index (χ2v) is 9.34. The van der Waals surface area contributed by atoms with Crippen molar-refractivity contribution in [2.24, 2.45) is 0 Å². The molecule has 1 saturated carbocycles. The number of hydrogen-bond acceptors (Lipinski definition) is 8. The molecule has 0 spiro atoms. The minimum Gasteiger partial charge on any atom is -0.367 e. The lowest BCUT2D eigenvalue weighted by Crippen LogP contribution is -2.18. The van der Waals surface area contributed by atoms with Crippen LogP contribution in [0.1, 0.15) is 36.3 Å². The molecule has 0 saturated heterocycles. The number of thiophene rings is 1. The Morgan fingerprint density at radius 3 is 2.83 bits per heavy atom. The Labute approximate surface area is 177 Å². The van der Waals surface area contributed by atoms with Crippen LogP contribution in [0.25, 0.3) is 20.8 Å². The third kappa shape index (κ3) is 3.95. The molecule has 2 N–H and O–H groups in total. The van der Waals surface area contributed by atoms with Crippen LogP contribution in [0.15, 0.2) is 36.0 Å². The Hall–Kier alpha value is -2.58. The van der Waals surface area contributed by atoms with Gasteiger partial charge in [0.2, 0.25) is 5.95 Å². The largest absolute Gasteiger partial charge is 0.367 e. The Bertz CT molecular complexity index is 1080. The van der Waals surface area contributed by atoms with Gasteiger partial charge >= 0.3 is 0 Å². The summed E-state index contributed by atoms with van der Waals surface area (Å²) in [5.41, 5.74) is 2.85. The van der Waals surface area contributed by atoms with Crippen molar-refractivity contribution < 1.29 is 0 Å². The van der Waals surface area contributed by atoms with Crippen LogP contribution in [0.5, 0.6) is 0 Å². The highest BCUT2D eigenvalue weighted by molar-refractivity contribution is 7.21. The van der Waals surface area contributed by atoms with E-state index in [4.69, 9.17) is 15.0 Å². The van der Waals surface area contributed by atoms with E-state index in [1.165, 1.54) is 30.6 Å². The molecule has 1 fully saturated rings. The molecule has 0 aliphatic heterocycles. The quantitative estimate of drug-likeness (QED) is 0.428. The highest BCUT2D eigenvalue weighted by Crippen LogP contribution is 2.37. The van der Waals surface area contributed by atoms with Gasteiger partial charge in [-0.2, -0.15) is 4.98 Å². The van der Waals surface area contributed by atoms with E-state index in [9.17, 15) is 0 Å². The molecule has 1 aliphatic carbocycles. The first-order valence-corrected chi connectivity index (χ1v) is 11.6. The summed E-state index contributed by atoms with van der Waals surface area (Å²) in [6, 6.07) is 6.65. The lowest BCUT2D eigenvalue weighted by Gasteiger charge is -2.18. The average Bonchev–Trinajstić information content (AvgIpc) is 3.47. The minimum absolute atomic E-state index is 0.462. The lowest BCUT2D eigenvalue weighted by molar-refractivity contribution is 0.750. The minimum atomic E-state index is 0.462. The van der Waals surface area contributed by atoms with E-state index in [0.717, 1.165) is 38.8 Å². The van der Waals surface area contributed by atoms with Gasteiger partial charge in [0.1, 0.15) is 16.3 Å². The molecule has 0 bridgehead atoms. The first-order valence-electron chi connectivity index (χ1n) is 9.88.